The fourth-order valence-electron chi connectivity index (χ4n) is 1.99. The molecule has 6 heteroatoms. The second-order valence-electron chi connectivity index (χ2n) is 3.79. The van der Waals surface area contributed by atoms with Gasteiger partial charge in [-0.3, -0.25) is 9.59 Å². The molecule has 0 amide bonds. The van der Waals surface area contributed by atoms with Crippen LogP contribution in [0.3, 0.4) is 0 Å². The lowest BCUT2D eigenvalue weighted by molar-refractivity contribution is -0.111. The molecule has 0 bridgehead atoms. The summed E-state index contributed by atoms with van der Waals surface area (Å²) < 4.78 is 15.3. The molecule has 1 aromatic rings. The van der Waals surface area contributed by atoms with E-state index in [2.05, 4.69) is 0 Å². The Morgan fingerprint density at radius 2 is 1.58 bits per heavy atom. The van der Waals surface area contributed by atoms with E-state index in [0.29, 0.717) is 0 Å². The first-order valence-corrected chi connectivity index (χ1v) is 5.37. The van der Waals surface area contributed by atoms with Crippen LogP contribution in [0.2, 0.25) is 0 Å². The molecule has 0 fully saturated rings. The third-order valence-electron chi connectivity index (χ3n) is 2.83. The molecule has 1 aliphatic rings. The molecule has 0 heterocycles. The van der Waals surface area contributed by atoms with Crippen molar-refractivity contribution in [3.63, 3.8) is 0 Å². The van der Waals surface area contributed by atoms with Crippen LogP contribution in [-0.4, -0.2) is 38.0 Å². The van der Waals surface area contributed by atoms with Crippen LogP contribution in [-0.2, 0) is 4.79 Å². The van der Waals surface area contributed by atoms with E-state index in [1.807, 2.05) is 0 Å². The molecule has 0 saturated carbocycles. The largest absolute Gasteiger partial charge is 0.507 e. The number of ether oxygens (including phenoxy) is 3. The van der Waals surface area contributed by atoms with Crippen molar-refractivity contribution in [2.75, 3.05) is 21.3 Å². The predicted molar refractivity (Wildman–Crippen MR) is 66.0 cm³/mol. The van der Waals surface area contributed by atoms with E-state index in [-0.39, 0.29) is 34.1 Å². The Balaban J connectivity index is 2.88. The monoisotopic (exact) mass is 264 g/mol. The molecule has 2 rings (SSSR count). The molecule has 6 nitrogen and oxygen atoms in total. The predicted octanol–water partition coefficient (Wildman–Crippen LogP) is 1.38. The Morgan fingerprint density at radius 1 is 0.947 bits per heavy atom. The molecule has 1 aromatic carbocycles. The van der Waals surface area contributed by atoms with Crippen molar-refractivity contribution >= 4 is 17.3 Å². The summed E-state index contributed by atoms with van der Waals surface area (Å²) in [5, 5.41) is 9.86. The van der Waals surface area contributed by atoms with Gasteiger partial charge in [-0.1, -0.05) is 0 Å². The zero-order valence-electron chi connectivity index (χ0n) is 10.6. The Bertz CT molecular complexity index is 600. The maximum Gasteiger partial charge on any atom is 0.237 e. The lowest BCUT2D eigenvalue weighted by atomic mass is 9.91. The average Bonchev–Trinajstić information content (AvgIpc) is 2.42. The number of allylic oxidation sites excluding steroid dienone is 1. The maximum absolute atomic E-state index is 12.0. The highest BCUT2D eigenvalue weighted by Crippen LogP contribution is 2.43. The Kier molecular flexibility index (Phi) is 3.16. The second-order valence-corrected chi connectivity index (χ2v) is 3.79. The molecule has 1 N–H and O–H groups in total. The molecule has 0 saturated heterocycles. The fraction of sp³-hybridized carbons (Fsp3) is 0.231. The van der Waals surface area contributed by atoms with Gasteiger partial charge >= 0.3 is 0 Å². The van der Waals surface area contributed by atoms with Gasteiger partial charge in [-0.15, -0.1) is 0 Å². The number of rotatable bonds is 3. The first-order chi connectivity index (χ1) is 9.04. The first kappa shape index (κ1) is 12.9. The number of benzene rings is 1. The number of Topliss-reactive ketones (excluding diaryl/α,β-unsaturated/α-hetero) is 1. The van der Waals surface area contributed by atoms with E-state index in [1.54, 1.807) is 0 Å². The summed E-state index contributed by atoms with van der Waals surface area (Å²) in [7, 11) is 4.13. The minimum Gasteiger partial charge on any atom is -0.507 e. The fourth-order valence-corrected chi connectivity index (χ4v) is 1.99. The van der Waals surface area contributed by atoms with Gasteiger partial charge in [-0.25, -0.2) is 0 Å². The van der Waals surface area contributed by atoms with Crippen LogP contribution in [0.1, 0.15) is 15.9 Å². The van der Waals surface area contributed by atoms with Crippen molar-refractivity contribution < 1.29 is 28.9 Å². The molecule has 0 aromatic heterocycles. The van der Waals surface area contributed by atoms with Crippen LogP contribution in [0.15, 0.2) is 12.1 Å². The number of carbonyl (C=O) groups excluding carboxylic acids is 2. The van der Waals surface area contributed by atoms with Crippen LogP contribution in [0.4, 0.5) is 0 Å². The highest BCUT2D eigenvalue weighted by molar-refractivity contribution is 6.51. The van der Waals surface area contributed by atoms with E-state index in [9.17, 15) is 14.7 Å². The molecule has 1 aliphatic carbocycles. The number of hydrogen-bond donors (Lipinski definition) is 1. The van der Waals surface area contributed by atoms with Crippen LogP contribution in [0.25, 0.3) is 5.76 Å². The Hall–Kier alpha value is -2.50. The molecule has 0 aliphatic heterocycles. The van der Waals surface area contributed by atoms with E-state index < -0.39 is 11.6 Å². The standard InChI is InChI=1S/C13H12O6/c1-17-8-5-9(18-2)13(19-3)11-10(8)6(14)4-7(15)12(11)16/h4-5,14H,1-3H3. The van der Waals surface area contributed by atoms with Crippen molar-refractivity contribution in [2.45, 2.75) is 0 Å². The van der Waals surface area contributed by atoms with Crippen molar-refractivity contribution in [3.05, 3.63) is 23.3 Å². The van der Waals surface area contributed by atoms with Crippen LogP contribution < -0.4 is 14.2 Å². The molecular weight excluding hydrogens is 252 g/mol. The second kappa shape index (κ2) is 4.64. The summed E-state index contributed by atoms with van der Waals surface area (Å²) >= 11 is 0. The van der Waals surface area contributed by atoms with Gasteiger partial charge in [0.15, 0.2) is 11.5 Å². The summed E-state index contributed by atoms with van der Waals surface area (Å²) in [4.78, 5) is 23.5. The summed E-state index contributed by atoms with van der Waals surface area (Å²) in [6, 6.07) is 1.48. The Morgan fingerprint density at radius 3 is 2.11 bits per heavy atom. The van der Waals surface area contributed by atoms with Gasteiger partial charge in [0, 0.05) is 12.1 Å². The van der Waals surface area contributed by atoms with E-state index >= 15 is 0 Å². The zero-order chi connectivity index (χ0) is 14.2. The lowest BCUT2D eigenvalue weighted by Gasteiger charge is -2.20. The third-order valence-corrected chi connectivity index (χ3v) is 2.83. The van der Waals surface area contributed by atoms with Gasteiger partial charge in [0.05, 0.1) is 32.5 Å². The molecule has 0 radical (unpaired) electrons. The number of hydrogen-bond acceptors (Lipinski definition) is 6. The maximum atomic E-state index is 12.0. The van der Waals surface area contributed by atoms with Crippen molar-refractivity contribution in [1.29, 1.82) is 0 Å². The van der Waals surface area contributed by atoms with Crippen molar-refractivity contribution in [3.8, 4) is 17.2 Å². The number of carbonyl (C=O) groups is 2. The SMILES string of the molecule is COc1cc(OC)c2c(c1OC)C(=O)C(=O)C=C2O. The minimum absolute atomic E-state index is 0.0521. The number of ketones is 2. The number of methoxy groups -OCH3 is 3. The van der Waals surface area contributed by atoms with Crippen molar-refractivity contribution in [2.24, 2.45) is 0 Å². The zero-order valence-corrected chi connectivity index (χ0v) is 10.6. The van der Waals surface area contributed by atoms with Crippen LogP contribution >= 0.6 is 0 Å². The van der Waals surface area contributed by atoms with Gasteiger partial charge < -0.3 is 19.3 Å². The summed E-state index contributed by atoms with van der Waals surface area (Å²) in [6.07, 6.45) is 0.860. The van der Waals surface area contributed by atoms with Gasteiger partial charge in [0.25, 0.3) is 0 Å². The third kappa shape index (κ3) is 1.81. The number of aliphatic hydroxyl groups is 1. The Labute approximate surface area is 109 Å². The molecule has 19 heavy (non-hydrogen) atoms. The van der Waals surface area contributed by atoms with E-state index in [4.69, 9.17) is 14.2 Å². The van der Waals surface area contributed by atoms with Gasteiger partial charge in [0.1, 0.15) is 11.5 Å². The average molecular weight is 264 g/mol. The topological polar surface area (TPSA) is 82.1 Å². The normalized spacial score (nSPS) is 13.7. The number of aliphatic hydroxyl groups excluding tert-OH is 1. The quantitative estimate of drug-likeness (QED) is 0.830. The van der Waals surface area contributed by atoms with Gasteiger partial charge in [-0.05, 0) is 0 Å². The smallest absolute Gasteiger partial charge is 0.237 e. The minimum atomic E-state index is -0.821. The van der Waals surface area contributed by atoms with Crippen LogP contribution in [0, 0.1) is 0 Å². The lowest BCUT2D eigenvalue weighted by Crippen LogP contribution is -2.20. The highest BCUT2D eigenvalue weighted by Gasteiger charge is 2.34. The first-order valence-electron chi connectivity index (χ1n) is 5.37. The summed E-state index contributed by atoms with van der Waals surface area (Å²) in [5.74, 6) is -1.37. The number of fused-ring (bicyclic) bond motifs is 1. The summed E-state index contributed by atoms with van der Waals surface area (Å²) in [6.45, 7) is 0. The van der Waals surface area contributed by atoms with Gasteiger partial charge in [0.2, 0.25) is 11.6 Å². The van der Waals surface area contributed by atoms with E-state index in [0.717, 1.165) is 6.08 Å². The molecular formula is C13H12O6. The molecule has 0 spiro atoms. The molecule has 0 unspecified atom stereocenters. The van der Waals surface area contributed by atoms with Crippen LogP contribution in [0.5, 0.6) is 17.2 Å². The molecule has 0 atom stereocenters. The summed E-state index contributed by atoms with van der Waals surface area (Å²) in [5.41, 5.74) is 0.0773. The van der Waals surface area contributed by atoms with E-state index in [1.165, 1.54) is 27.4 Å². The van der Waals surface area contributed by atoms with Crippen molar-refractivity contribution in [1.82, 2.24) is 0 Å². The highest BCUT2D eigenvalue weighted by atomic mass is 16.5. The van der Waals surface area contributed by atoms with Gasteiger partial charge in [-0.2, -0.15) is 0 Å². The molecule has 100 valence electrons.